The Bertz CT molecular complexity index is 1220. The first-order chi connectivity index (χ1) is 16.7. The Morgan fingerprint density at radius 1 is 1.20 bits per heavy atom. The molecule has 0 saturated carbocycles. The minimum absolute atomic E-state index is 0.0183. The van der Waals surface area contributed by atoms with Crippen molar-refractivity contribution in [1.29, 1.82) is 0 Å². The van der Waals surface area contributed by atoms with E-state index in [4.69, 9.17) is 16.3 Å². The molecule has 2 aromatic rings. The third kappa shape index (κ3) is 6.45. The number of likely N-dealkylation sites (N-methyl/N-ethyl adjacent to an activating group) is 1. The summed E-state index contributed by atoms with van der Waals surface area (Å²) in [6, 6.07) is 8.96. The number of carbonyl (C=O) groups excluding carboxylic acids is 1. The van der Waals surface area contributed by atoms with Crippen LogP contribution in [-0.4, -0.2) is 76.2 Å². The van der Waals surface area contributed by atoms with Gasteiger partial charge in [-0.25, -0.2) is 13.9 Å². The smallest absolute Gasteiger partial charge is 0.276 e. The normalized spacial score (nSPS) is 14.7. The number of rotatable bonds is 8. The number of hydrogen-bond acceptors (Lipinski definition) is 7. The number of piperazine rings is 1. The maximum Gasteiger partial charge on any atom is 0.276 e. The molecule has 1 aliphatic heterocycles. The second-order valence-corrected chi connectivity index (χ2v) is 10.5. The van der Waals surface area contributed by atoms with E-state index in [1.807, 2.05) is 7.05 Å². The molecule has 0 aromatic heterocycles. The number of amides is 1. The van der Waals surface area contributed by atoms with Crippen LogP contribution in [-0.2, 0) is 16.6 Å². The van der Waals surface area contributed by atoms with E-state index in [9.17, 15) is 18.4 Å². The van der Waals surface area contributed by atoms with Gasteiger partial charge in [-0.3, -0.25) is 19.2 Å². The van der Waals surface area contributed by atoms with Gasteiger partial charge in [0.05, 0.1) is 16.1 Å². The van der Waals surface area contributed by atoms with Gasteiger partial charge in [-0.15, -0.1) is 5.92 Å². The molecule has 35 heavy (non-hydrogen) atoms. The Morgan fingerprint density at radius 3 is 2.46 bits per heavy atom. The van der Waals surface area contributed by atoms with Crippen molar-refractivity contribution in [1.82, 2.24) is 15.3 Å². The largest absolute Gasteiger partial charge is 0.481 e. The fourth-order valence-corrected chi connectivity index (χ4v) is 5.30. The van der Waals surface area contributed by atoms with E-state index < -0.39 is 15.9 Å². The van der Waals surface area contributed by atoms with Gasteiger partial charge in [0.1, 0.15) is 12.4 Å². The van der Waals surface area contributed by atoms with Gasteiger partial charge in [-0.05, 0) is 55.9 Å². The maximum atomic E-state index is 13.6. The zero-order chi connectivity index (χ0) is 25.6. The van der Waals surface area contributed by atoms with Crippen LogP contribution in [0.15, 0.2) is 41.3 Å². The standard InChI is InChI=1S/C24H29ClN4O5S/c1-4-5-14-34-20-6-8-21(9-7-20)35(32,33)28(3)23-18(17-29-12-10-27(2)11-13-29)15-19(25)16-22(23)24(30)26-31/h6-9,15-16,31H,10-14,17H2,1-3H3,(H,26,30). The van der Waals surface area contributed by atoms with E-state index in [-0.39, 0.29) is 27.8 Å². The van der Waals surface area contributed by atoms with Gasteiger partial charge in [-0.1, -0.05) is 17.5 Å². The fraction of sp³-hybridized carbons (Fsp3) is 0.375. The molecule has 0 bridgehead atoms. The van der Waals surface area contributed by atoms with E-state index in [0.29, 0.717) is 17.9 Å². The summed E-state index contributed by atoms with van der Waals surface area (Å²) in [5, 5.41) is 9.58. The predicted octanol–water partition coefficient (Wildman–Crippen LogP) is 2.43. The SMILES string of the molecule is CC#CCOc1ccc(S(=O)(=O)N(C)c2c(CN3CCN(C)CC3)cc(Cl)cc2C(=O)NO)cc1. The van der Waals surface area contributed by atoms with Crippen molar-refractivity contribution in [2.24, 2.45) is 0 Å². The maximum absolute atomic E-state index is 13.6. The van der Waals surface area contributed by atoms with Gasteiger partial charge in [0.25, 0.3) is 15.9 Å². The van der Waals surface area contributed by atoms with Crippen LogP contribution < -0.4 is 14.5 Å². The van der Waals surface area contributed by atoms with Crippen molar-refractivity contribution in [3.63, 3.8) is 0 Å². The van der Waals surface area contributed by atoms with E-state index in [1.54, 1.807) is 30.6 Å². The lowest BCUT2D eigenvalue weighted by Gasteiger charge is -2.34. The second kappa shape index (κ2) is 11.7. The molecule has 0 atom stereocenters. The molecule has 0 unspecified atom stereocenters. The first kappa shape index (κ1) is 26.8. The third-order valence-corrected chi connectivity index (χ3v) is 7.76. The van der Waals surface area contributed by atoms with E-state index in [2.05, 4.69) is 21.6 Å². The molecule has 1 amide bonds. The Hall–Kier alpha value is -2.81. The summed E-state index contributed by atoms with van der Waals surface area (Å²) in [5.74, 6) is 5.13. The van der Waals surface area contributed by atoms with Crippen LogP contribution >= 0.6 is 11.6 Å². The topological polar surface area (TPSA) is 102 Å². The summed E-state index contributed by atoms with van der Waals surface area (Å²) >= 11 is 6.29. The number of nitrogens with zero attached hydrogens (tertiary/aromatic N) is 3. The lowest BCUT2D eigenvalue weighted by Crippen LogP contribution is -2.44. The number of halogens is 1. The van der Waals surface area contributed by atoms with E-state index in [0.717, 1.165) is 30.5 Å². The van der Waals surface area contributed by atoms with Gasteiger partial charge >= 0.3 is 0 Å². The number of benzene rings is 2. The highest BCUT2D eigenvalue weighted by Gasteiger charge is 2.29. The molecule has 9 nitrogen and oxygen atoms in total. The molecule has 1 fully saturated rings. The monoisotopic (exact) mass is 520 g/mol. The number of carbonyl (C=O) groups is 1. The molecule has 1 heterocycles. The van der Waals surface area contributed by atoms with Crippen molar-refractivity contribution in [3.05, 3.63) is 52.5 Å². The highest BCUT2D eigenvalue weighted by molar-refractivity contribution is 7.92. The summed E-state index contributed by atoms with van der Waals surface area (Å²) in [4.78, 5) is 16.9. The summed E-state index contributed by atoms with van der Waals surface area (Å²) in [5.41, 5.74) is 2.26. The molecular formula is C24H29ClN4O5S. The first-order valence-electron chi connectivity index (χ1n) is 11.0. The lowest BCUT2D eigenvalue weighted by atomic mass is 10.1. The second-order valence-electron chi connectivity index (χ2n) is 8.14. The quantitative estimate of drug-likeness (QED) is 0.313. The molecule has 3 rings (SSSR count). The van der Waals surface area contributed by atoms with Gasteiger partial charge in [0, 0.05) is 44.8 Å². The average Bonchev–Trinajstić information content (AvgIpc) is 2.84. The van der Waals surface area contributed by atoms with E-state index >= 15 is 0 Å². The van der Waals surface area contributed by atoms with Crippen molar-refractivity contribution < 1.29 is 23.2 Å². The predicted molar refractivity (Wildman–Crippen MR) is 134 cm³/mol. The van der Waals surface area contributed by atoms with Crippen molar-refractivity contribution in [2.45, 2.75) is 18.4 Å². The highest BCUT2D eigenvalue weighted by Crippen LogP contribution is 2.34. The number of ether oxygens (including phenoxy) is 1. The molecule has 11 heteroatoms. The van der Waals surface area contributed by atoms with Crippen LogP contribution in [0, 0.1) is 11.8 Å². The third-order valence-electron chi connectivity index (χ3n) is 5.77. The molecule has 0 aliphatic carbocycles. The molecule has 1 aliphatic rings. The van der Waals surface area contributed by atoms with Gasteiger partial charge in [-0.2, -0.15) is 0 Å². The number of nitrogens with one attached hydrogen (secondary N) is 1. The lowest BCUT2D eigenvalue weighted by molar-refractivity contribution is 0.0707. The number of hydrogen-bond donors (Lipinski definition) is 2. The van der Waals surface area contributed by atoms with Gasteiger partial charge in [0.2, 0.25) is 0 Å². The zero-order valence-electron chi connectivity index (χ0n) is 19.9. The van der Waals surface area contributed by atoms with Crippen LogP contribution in [0.2, 0.25) is 5.02 Å². The summed E-state index contributed by atoms with van der Waals surface area (Å²) in [6.45, 7) is 5.59. The van der Waals surface area contributed by atoms with Crippen LogP contribution in [0.4, 0.5) is 5.69 Å². The van der Waals surface area contributed by atoms with Crippen molar-refractivity contribution in [2.75, 3.05) is 51.2 Å². The molecule has 0 spiro atoms. The average molecular weight is 521 g/mol. The summed E-state index contributed by atoms with van der Waals surface area (Å²) in [7, 11) is -0.647. The Labute approximate surface area is 211 Å². The van der Waals surface area contributed by atoms with Gasteiger partial charge in [0.15, 0.2) is 0 Å². The molecule has 2 aromatic carbocycles. The Balaban J connectivity index is 2.00. The molecular weight excluding hydrogens is 492 g/mol. The first-order valence-corrected chi connectivity index (χ1v) is 12.8. The van der Waals surface area contributed by atoms with Crippen LogP contribution in [0.5, 0.6) is 5.75 Å². The molecule has 0 radical (unpaired) electrons. The van der Waals surface area contributed by atoms with Crippen LogP contribution in [0.25, 0.3) is 0 Å². The zero-order valence-corrected chi connectivity index (χ0v) is 21.5. The Kier molecular flexibility index (Phi) is 8.99. The van der Waals surface area contributed by atoms with Crippen LogP contribution in [0.1, 0.15) is 22.8 Å². The number of anilines is 1. The summed E-state index contributed by atoms with van der Waals surface area (Å²) in [6.07, 6.45) is 0. The van der Waals surface area contributed by atoms with Crippen molar-refractivity contribution >= 4 is 33.2 Å². The van der Waals surface area contributed by atoms with E-state index in [1.165, 1.54) is 25.2 Å². The number of hydroxylamine groups is 1. The molecule has 188 valence electrons. The molecule has 2 N–H and O–H groups in total. The van der Waals surface area contributed by atoms with Gasteiger partial charge < -0.3 is 9.64 Å². The van der Waals surface area contributed by atoms with Crippen LogP contribution in [0.3, 0.4) is 0 Å². The molecule has 1 saturated heterocycles. The minimum Gasteiger partial charge on any atom is -0.481 e. The fourth-order valence-electron chi connectivity index (χ4n) is 3.81. The summed E-state index contributed by atoms with van der Waals surface area (Å²) < 4.78 is 33.6. The highest BCUT2D eigenvalue weighted by atomic mass is 35.5. The number of sulfonamides is 1. The Morgan fingerprint density at radius 2 is 1.86 bits per heavy atom. The minimum atomic E-state index is -4.06. The van der Waals surface area contributed by atoms with Crippen molar-refractivity contribution in [3.8, 4) is 17.6 Å².